The molecule has 2 aromatic rings. The van der Waals surface area contributed by atoms with Crippen LogP contribution in [0.25, 0.3) is 0 Å². The van der Waals surface area contributed by atoms with Crippen molar-refractivity contribution >= 4 is 23.2 Å². The molecule has 30 heavy (non-hydrogen) atoms. The molecule has 6 heteroatoms. The normalized spacial score (nSPS) is 20.7. The molecule has 1 aromatic carbocycles. The molecule has 2 atom stereocenters. The number of benzene rings is 1. The summed E-state index contributed by atoms with van der Waals surface area (Å²) >= 11 is 1.82. The van der Waals surface area contributed by atoms with Gasteiger partial charge in [-0.05, 0) is 42.3 Å². The van der Waals surface area contributed by atoms with E-state index in [0.29, 0.717) is 32.6 Å². The molecule has 1 aromatic heterocycles. The molecule has 2 amide bonds. The highest BCUT2D eigenvalue weighted by molar-refractivity contribution is 7.10. The molecular weight excluding hydrogens is 394 g/mol. The Kier molecular flexibility index (Phi) is 6.54. The van der Waals surface area contributed by atoms with Crippen molar-refractivity contribution in [3.8, 4) is 0 Å². The van der Waals surface area contributed by atoms with Crippen molar-refractivity contribution in [3.63, 3.8) is 0 Å². The molecule has 2 aliphatic rings. The molecule has 4 rings (SSSR count). The van der Waals surface area contributed by atoms with Crippen molar-refractivity contribution in [3.05, 3.63) is 57.8 Å². The van der Waals surface area contributed by atoms with Gasteiger partial charge in [-0.2, -0.15) is 0 Å². The van der Waals surface area contributed by atoms with Crippen LogP contribution in [-0.2, 0) is 16.0 Å². The summed E-state index contributed by atoms with van der Waals surface area (Å²) in [5.41, 5.74) is 2.58. The van der Waals surface area contributed by atoms with Gasteiger partial charge in [0, 0.05) is 44.0 Å². The summed E-state index contributed by atoms with van der Waals surface area (Å²) in [5, 5.41) is 2.17. The minimum atomic E-state index is -0.193. The number of fused-ring (bicyclic) bond motifs is 1. The van der Waals surface area contributed by atoms with Crippen molar-refractivity contribution < 1.29 is 9.59 Å². The number of hydrogen-bond acceptors (Lipinski definition) is 4. The first-order chi connectivity index (χ1) is 14.6. The highest BCUT2D eigenvalue weighted by Gasteiger charge is 2.37. The number of thiophene rings is 1. The van der Waals surface area contributed by atoms with Crippen LogP contribution < -0.4 is 0 Å². The van der Waals surface area contributed by atoms with E-state index in [1.54, 1.807) is 0 Å². The standard InChI is InChI=1S/C24H31N3O2S/c1-3-7-22(28)25-13-15-26(16-14-25)24(29)18(2)27-12-10-21-20(11-17-30-21)23(27)19-8-5-4-6-9-19/h4-6,8-9,11,17-18,23H,3,7,10,12-16H2,1-2H3. The number of amides is 2. The van der Waals surface area contributed by atoms with Gasteiger partial charge in [-0.3, -0.25) is 14.5 Å². The topological polar surface area (TPSA) is 43.9 Å². The van der Waals surface area contributed by atoms with Gasteiger partial charge in [0.15, 0.2) is 0 Å². The lowest BCUT2D eigenvalue weighted by Crippen LogP contribution is -2.56. The molecule has 0 aliphatic carbocycles. The maximum absolute atomic E-state index is 13.4. The highest BCUT2D eigenvalue weighted by Crippen LogP contribution is 2.39. The van der Waals surface area contributed by atoms with E-state index in [9.17, 15) is 9.59 Å². The van der Waals surface area contributed by atoms with E-state index < -0.39 is 0 Å². The summed E-state index contributed by atoms with van der Waals surface area (Å²) in [5.74, 6) is 0.389. The van der Waals surface area contributed by atoms with Crippen molar-refractivity contribution in [2.24, 2.45) is 0 Å². The third-order valence-electron chi connectivity index (χ3n) is 6.38. The Hall–Kier alpha value is -2.18. The van der Waals surface area contributed by atoms with Crippen LogP contribution in [0.3, 0.4) is 0 Å². The Balaban J connectivity index is 1.49. The quantitative estimate of drug-likeness (QED) is 0.736. The number of nitrogens with zero attached hydrogens (tertiary/aromatic N) is 3. The van der Waals surface area contributed by atoms with Gasteiger partial charge < -0.3 is 9.80 Å². The largest absolute Gasteiger partial charge is 0.339 e. The summed E-state index contributed by atoms with van der Waals surface area (Å²) in [4.78, 5) is 33.2. The fourth-order valence-corrected chi connectivity index (χ4v) is 5.62. The lowest BCUT2D eigenvalue weighted by atomic mass is 9.92. The van der Waals surface area contributed by atoms with E-state index in [1.165, 1.54) is 16.0 Å². The fourth-order valence-electron chi connectivity index (χ4n) is 4.71. The first-order valence-corrected chi connectivity index (χ1v) is 11.9. The molecule has 1 saturated heterocycles. The van der Waals surface area contributed by atoms with Gasteiger partial charge in [-0.25, -0.2) is 0 Å². The molecule has 0 N–H and O–H groups in total. The second-order valence-electron chi connectivity index (χ2n) is 8.23. The van der Waals surface area contributed by atoms with Crippen LogP contribution in [0, 0.1) is 0 Å². The molecule has 3 heterocycles. The van der Waals surface area contributed by atoms with Gasteiger partial charge in [-0.15, -0.1) is 11.3 Å². The predicted molar refractivity (Wildman–Crippen MR) is 121 cm³/mol. The SMILES string of the molecule is CCCC(=O)N1CCN(C(=O)C(C)N2CCc3sccc3C2c2ccccc2)CC1. The van der Waals surface area contributed by atoms with Crippen LogP contribution in [0.1, 0.15) is 48.7 Å². The molecule has 0 bridgehead atoms. The maximum atomic E-state index is 13.4. The van der Waals surface area contributed by atoms with Crippen molar-refractivity contribution in [2.75, 3.05) is 32.7 Å². The van der Waals surface area contributed by atoms with Gasteiger partial charge in [0.2, 0.25) is 11.8 Å². The molecule has 0 saturated carbocycles. The van der Waals surface area contributed by atoms with Crippen molar-refractivity contribution in [1.82, 2.24) is 14.7 Å². The first kappa shape index (κ1) is 21.1. The van der Waals surface area contributed by atoms with Crippen LogP contribution in [-0.4, -0.2) is 65.3 Å². The number of carbonyl (C=O) groups is 2. The lowest BCUT2D eigenvalue weighted by molar-refractivity contribution is -0.143. The molecule has 2 unspecified atom stereocenters. The van der Waals surface area contributed by atoms with Crippen LogP contribution in [0.2, 0.25) is 0 Å². The molecule has 5 nitrogen and oxygen atoms in total. The van der Waals surface area contributed by atoms with Gasteiger partial charge in [0.25, 0.3) is 0 Å². The van der Waals surface area contributed by atoms with Crippen LogP contribution >= 0.6 is 11.3 Å². The second kappa shape index (κ2) is 9.31. The van der Waals surface area contributed by atoms with Gasteiger partial charge in [0.05, 0.1) is 12.1 Å². The third kappa shape index (κ3) is 4.16. The van der Waals surface area contributed by atoms with Gasteiger partial charge in [-0.1, -0.05) is 37.3 Å². The average Bonchev–Trinajstić information content (AvgIpc) is 3.27. The fraction of sp³-hybridized carbons (Fsp3) is 0.500. The smallest absolute Gasteiger partial charge is 0.239 e. The highest BCUT2D eigenvalue weighted by atomic mass is 32.1. The van der Waals surface area contributed by atoms with E-state index in [4.69, 9.17) is 0 Å². The maximum Gasteiger partial charge on any atom is 0.239 e. The molecule has 160 valence electrons. The monoisotopic (exact) mass is 425 g/mol. The number of piperazine rings is 1. The molecule has 0 spiro atoms. The Morgan fingerprint density at radius 3 is 2.43 bits per heavy atom. The van der Waals surface area contributed by atoms with Gasteiger partial charge in [0.1, 0.15) is 0 Å². The minimum Gasteiger partial charge on any atom is -0.339 e. The molecule has 0 radical (unpaired) electrons. The summed E-state index contributed by atoms with van der Waals surface area (Å²) in [7, 11) is 0. The lowest BCUT2D eigenvalue weighted by Gasteiger charge is -2.42. The van der Waals surface area contributed by atoms with Crippen molar-refractivity contribution in [2.45, 2.75) is 45.2 Å². The number of hydrogen-bond donors (Lipinski definition) is 0. The predicted octanol–water partition coefficient (Wildman–Crippen LogP) is 3.56. The first-order valence-electron chi connectivity index (χ1n) is 11.0. The Morgan fingerprint density at radius 2 is 1.73 bits per heavy atom. The van der Waals surface area contributed by atoms with E-state index in [2.05, 4.69) is 40.6 Å². The van der Waals surface area contributed by atoms with Crippen molar-refractivity contribution in [1.29, 1.82) is 0 Å². The van der Waals surface area contributed by atoms with E-state index in [1.807, 2.05) is 41.1 Å². The zero-order valence-corrected chi connectivity index (χ0v) is 18.7. The summed E-state index contributed by atoms with van der Waals surface area (Å²) in [6.07, 6.45) is 2.46. The third-order valence-corrected chi connectivity index (χ3v) is 7.38. The molecule has 2 aliphatic heterocycles. The Labute approximate surface area is 183 Å². The van der Waals surface area contributed by atoms with Gasteiger partial charge >= 0.3 is 0 Å². The number of carbonyl (C=O) groups excluding carboxylic acids is 2. The zero-order chi connectivity index (χ0) is 21.1. The van der Waals surface area contributed by atoms with Crippen LogP contribution in [0.4, 0.5) is 0 Å². The summed E-state index contributed by atoms with van der Waals surface area (Å²) in [6.45, 7) is 7.51. The van der Waals surface area contributed by atoms with Crippen LogP contribution in [0.5, 0.6) is 0 Å². The Bertz CT molecular complexity index is 874. The Morgan fingerprint density at radius 1 is 1.03 bits per heavy atom. The summed E-state index contributed by atoms with van der Waals surface area (Å²) < 4.78 is 0. The van der Waals surface area contributed by atoms with Crippen LogP contribution in [0.15, 0.2) is 41.8 Å². The second-order valence-corrected chi connectivity index (χ2v) is 9.23. The molecule has 1 fully saturated rings. The van der Waals surface area contributed by atoms with E-state index in [0.717, 1.165) is 19.4 Å². The van der Waals surface area contributed by atoms with E-state index >= 15 is 0 Å². The summed E-state index contributed by atoms with van der Waals surface area (Å²) in [6, 6.07) is 12.7. The minimum absolute atomic E-state index is 0.118. The zero-order valence-electron chi connectivity index (χ0n) is 17.9. The number of rotatable bonds is 5. The van der Waals surface area contributed by atoms with E-state index in [-0.39, 0.29) is 23.9 Å². The molecular formula is C24H31N3O2S. The average molecular weight is 426 g/mol.